The van der Waals surface area contributed by atoms with E-state index < -0.39 is 11.3 Å². The first kappa shape index (κ1) is 8.36. The van der Waals surface area contributed by atoms with Crippen LogP contribution in [-0.2, 0) is 0 Å². The van der Waals surface area contributed by atoms with Crippen molar-refractivity contribution in [2.75, 3.05) is 0 Å². The molecule has 2 aromatic rings. The Labute approximate surface area is 78.3 Å². The van der Waals surface area contributed by atoms with E-state index in [0.29, 0.717) is 5.82 Å². The van der Waals surface area contributed by atoms with Crippen LogP contribution in [0, 0.1) is 0 Å². The molecule has 6 heteroatoms. The number of nitrogens with zero attached hydrogens (tertiary/aromatic N) is 3. The molecule has 70 valence electrons. The van der Waals surface area contributed by atoms with Gasteiger partial charge in [-0.2, -0.15) is 0 Å². The van der Waals surface area contributed by atoms with Gasteiger partial charge < -0.3 is 10.1 Å². The van der Waals surface area contributed by atoms with Gasteiger partial charge in [-0.05, 0) is 6.07 Å². The molecule has 0 unspecified atom stereocenters. The number of aromatic nitrogens is 4. The molecule has 0 atom stereocenters. The summed E-state index contributed by atoms with van der Waals surface area (Å²) in [5.41, 5.74) is -0.609. The Balaban J connectivity index is 2.54. The van der Waals surface area contributed by atoms with E-state index in [1.165, 1.54) is 12.4 Å². The molecule has 6 nitrogen and oxygen atoms in total. The summed E-state index contributed by atoms with van der Waals surface area (Å²) >= 11 is 0. The molecule has 0 spiro atoms. The monoisotopic (exact) mass is 190 g/mol. The molecular weight excluding hydrogens is 184 g/mol. The van der Waals surface area contributed by atoms with E-state index in [4.69, 9.17) is 5.11 Å². The second-order valence-corrected chi connectivity index (χ2v) is 2.52. The first-order valence-electron chi connectivity index (χ1n) is 3.83. The number of rotatable bonds is 1. The Bertz CT molecular complexity index is 494. The molecule has 0 aromatic carbocycles. The fraction of sp³-hybridized carbons (Fsp3) is 0. The smallest absolute Gasteiger partial charge is 0.293 e. The van der Waals surface area contributed by atoms with Crippen molar-refractivity contribution in [1.29, 1.82) is 0 Å². The molecule has 0 amide bonds. The molecule has 0 saturated carbocycles. The van der Waals surface area contributed by atoms with Crippen LogP contribution in [-0.4, -0.2) is 25.0 Å². The molecule has 0 bridgehead atoms. The maximum absolute atomic E-state index is 11.0. The van der Waals surface area contributed by atoms with Gasteiger partial charge >= 0.3 is 0 Å². The van der Waals surface area contributed by atoms with Crippen LogP contribution in [0.1, 0.15) is 0 Å². The molecule has 0 fully saturated rings. The summed E-state index contributed by atoms with van der Waals surface area (Å²) in [5, 5.41) is 8.94. The summed E-state index contributed by atoms with van der Waals surface area (Å²) in [7, 11) is 0. The Hall–Kier alpha value is -2.24. The zero-order valence-corrected chi connectivity index (χ0v) is 7.01. The number of nitrogens with one attached hydrogen (secondary N) is 1. The van der Waals surface area contributed by atoms with Crippen LogP contribution in [0.4, 0.5) is 0 Å². The maximum atomic E-state index is 11.0. The van der Waals surface area contributed by atoms with Gasteiger partial charge in [0.1, 0.15) is 0 Å². The zero-order chi connectivity index (χ0) is 9.97. The Morgan fingerprint density at radius 3 is 2.57 bits per heavy atom. The molecule has 2 heterocycles. The fourth-order valence-corrected chi connectivity index (χ4v) is 0.923. The standard InChI is InChI=1S/C8H6N4O2/c13-5-4-11-7(12-8(5)14)6-9-2-1-3-10-6/h1-4,13H,(H,11,12,14). The summed E-state index contributed by atoms with van der Waals surface area (Å²) < 4.78 is 0. The van der Waals surface area contributed by atoms with Crippen LogP contribution in [0.3, 0.4) is 0 Å². The topological polar surface area (TPSA) is 91.8 Å². The molecule has 2 aromatic heterocycles. The lowest BCUT2D eigenvalue weighted by atomic mass is 10.5. The number of aromatic hydroxyl groups is 1. The van der Waals surface area contributed by atoms with Gasteiger partial charge in [-0.1, -0.05) is 0 Å². The highest BCUT2D eigenvalue weighted by Gasteiger charge is 2.04. The molecule has 2 N–H and O–H groups in total. The van der Waals surface area contributed by atoms with E-state index in [1.807, 2.05) is 0 Å². The quantitative estimate of drug-likeness (QED) is 0.656. The second kappa shape index (κ2) is 3.25. The lowest BCUT2D eigenvalue weighted by Crippen LogP contribution is -2.08. The van der Waals surface area contributed by atoms with Crippen LogP contribution in [0.25, 0.3) is 11.6 Å². The Morgan fingerprint density at radius 2 is 1.93 bits per heavy atom. The highest BCUT2D eigenvalue weighted by atomic mass is 16.3. The van der Waals surface area contributed by atoms with Crippen LogP contribution in [0.2, 0.25) is 0 Å². The van der Waals surface area contributed by atoms with E-state index in [1.54, 1.807) is 6.07 Å². The van der Waals surface area contributed by atoms with Crippen LogP contribution < -0.4 is 5.56 Å². The summed E-state index contributed by atoms with van der Waals surface area (Å²) in [5.74, 6) is 0.114. The third-order valence-corrected chi connectivity index (χ3v) is 1.56. The first-order chi connectivity index (χ1) is 6.77. The zero-order valence-electron chi connectivity index (χ0n) is 7.01. The molecule has 2 rings (SSSR count). The average Bonchev–Trinajstić information content (AvgIpc) is 2.23. The second-order valence-electron chi connectivity index (χ2n) is 2.52. The maximum Gasteiger partial charge on any atom is 0.293 e. The summed E-state index contributed by atoms with van der Waals surface area (Å²) in [6.45, 7) is 0. The Kier molecular flexibility index (Phi) is 1.94. The van der Waals surface area contributed by atoms with Gasteiger partial charge in [0.05, 0.1) is 6.20 Å². The van der Waals surface area contributed by atoms with Crippen molar-refractivity contribution in [3.63, 3.8) is 0 Å². The molecule has 0 aliphatic carbocycles. The fourth-order valence-electron chi connectivity index (χ4n) is 0.923. The summed E-state index contributed by atoms with van der Waals surface area (Å²) in [6, 6.07) is 1.65. The van der Waals surface area contributed by atoms with E-state index in [0.717, 1.165) is 6.20 Å². The van der Waals surface area contributed by atoms with E-state index >= 15 is 0 Å². The van der Waals surface area contributed by atoms with Crippen LogP contribution >= 0.6 is 0 Å². The Morgan fingerprint density at radius 1 is 1.21 bits per heavy atom. The van der Waals surface area contributed by atoms with E-state index in [2.05, 4.69) is 19.9 Å². The largest absolute Gasteiger partial charge is 0.502 e. The van der Waals surface area contributed by atoms with E-state index in [9.17, 15) is 4.79 Å². The van der Waals surface area contributed by atoms with Crippen molar-refractivity contribution < 1.29 is 5.11 Å². The highest BCUT2D eigenvalue weighted by Crippen LogP contribution is 2.05. The van der Waals surface area contributed by atoms with Crippen LogP contribution in [0.15, 0.2) is 29.5 Å². The minimum atomic E-state index is -0.609. The van der Waals surface area contributed by atoms with Crippen molar-refractivity contribution in [2.45, 2.75) is 0 Å². The third-order valence-electron chi connectivity index (χ3n) is 1.56. The van der Waals surface area contributed by atoms with Crippen molar-refractivity contribution in [2.24, 2.45) is 0 Å². The molecule has 0 aliphatic rings. The number of aromatic amines is 1. The van der Waals surface area contributed by atoms with E-state index in [-0.39, 0.29) is 5.82 Å². The van der Waals surface area contributed by atoms with Gasteiger partial charge in [-0.3, -0.25) is 4.79 Å². The van der Waals surface area contributed by atoms with Crippen molar-refractivity contribution in [3.05, 3.63) is 35.0 Å². The molecular formula is C8H6N4O2. The van der Waals surface area contributed by atoms with Gasteiger partial charge in [-0.25, -0.2) is 15.0 Å². The minimum absolute atomic E-state index is 0.230. The predicted molar refractivity (Wildman–Crippen MR) is 47.5 cm³/mol. The molecule has 0 radical (unpaired) electrons. The van der Waals surface area contributed by atoms with Gasteiger partial charge in [0.2, 0.25) is 0 Å². The molecule has 14 heavy (non-hydrogen) atoms. The van der Waals surface area contributed by atoms with Crippen molar-refractivity contribution >= 4 is 0 Å². The lowest BCUT2D eigenvalue weighted by Gasteiger charge is -1.97. The summed E-state index contributed by atoms with van der Waals surface area (Å²) in [6.07, 6.45) is 4.13. The first-order valence-corrected chi connectivity index (χ1v) is 3.83. The van der Waals surface area contributed by atoms with Gasteiger partial charge in [0.15, 0.2) is 17.4 Å². The van der Waals surface area contributed by atoms with Crippen molar-refractivity contribution in [3.8, 4) is 17.4 Å². The highest BCUT2D eigenvalue weighted by molar-refractivity contribution is 5.41. The molecule has 0 saturated heterocycles. The number of hydrogen-bond donors (Lipinski definition) is 2. The molecule has 0 aliphatic heterocycles. The number of H-pyrrole nitrogens is 1. The normalized spacial score (nSPS) is 10.0. The van der Waals surface area contributed by atoms with Crippen LogP contribution in [0.5, 0.6) is 5.75 Å². The van der Waals surface area contributed by atoms with Gasteiger partial charge in [0, 0.05) is 12.4 Å². The van der Waals surface area contributed by atoms with Gasteiger partial charge in [0.25, 0.3) is 5.56 Å². The lowest BCUT2D eigenvalue weighted by molar-refractivity contribution is 0.463. The number of hydrogen-bond acceptors (Lipinski definition) is 5. The SMILES string of the molecule is O=c1[nH]c(-c2ncccn2)ncc1O. The third kappa shape index (κ3) is 1.45. The minimum Gasteiger partial charge on any atom is -0.502 e. The summed E-state index contributed by atoms with van der Waals surface area (Å²) in [4.78, 5) is 24.9. The van der Waals surface area contributed by atoms with Gasteiger partial charge in [-0.15, -0.1) is 0 Å². The van der Waals surface area contributed by atoms with Crippen molar-refractivity contribution in [1.82, 2.24) is 19.9 Å². The predicted octanol–water partition coefficient (Wildman–Crippen LogP) is -0.0675. The average molecular weight is 190 g/mol.